The van der Waals surface area contributed by atoms with Crippen LogP contribution in [-0.4, -0.2) is 32.9 Å². The zero-order valence-electron chi connectivity index (χ0n) is 11.0. The van der Waals surface area contributed by atoms with E-state index in [1.807, 2.05) is 35.9 Å². The van der Waals surface area contributed by atoms with Crippen molar-refractivity contribution < 1.29 is 14.7 Å². The maximum Gasteiger partial charge on any atom is 0.328 e. The molecule has 0 atom stereocenters. The van der Waals surface area contributed by atoms with E-state index in [0.717, 1.165) is 29.1 Å². The van der Waals surface area contributed by atoms with Crippen molar-refractivity contribution in [3.8, 4) is 0 Å². The number of hydrogen-bond acceptors (Lipinski definition) is 3. The Morgan fingerprint density at radius 1 is 1.45 bits per heavy atom. The number of fused-ring (bicyclic) bond motifs is 1. The van der Waals surface area contributed by atoms with Gasteiger partial charge < -0.3 is 14.8 Å². The second-order valence-electron chi connectivity index (χ2n) is 4.41. The summed E-state index contributed by atoms with van der Waals surface area (Å²) in [5, 5.41) is 11.0. The van der Waals surface area contributed by atoms with Gasteiger partial charge in [-0.2, -0.15) is 0 Å². The third kappa shape index (κ3) is 3.68. The number of aliphatic carboxylic acids is 1. The highest BCUT2D eigenvalue weighted by molar-refractivity contribution is 5.93. The van der Waals surface area contributed by atoms with Gasteiger partial charge in [-0.3, -0.25) is 4.79 Å². The Bertz CT molecular complexity index is 673. The molecule has 0 radical (unpaired) electrons. The summed E-state index contributed by atoms with van der Waals surface area (Å²) in [6, 6.07) is 3.98. The molecule has 20 heavy (non-hydrogen) atoms. The predicted molar refractivity (Wildman–Crippen MR) is 73.4 cm³/mol. The lowest BCUT2D eigenvalue weighted by atomic mass is 10.3. The number of amides is 1. The van der Waals surface area contributed by atoms with Gasteiger partial charge in [-0.05, 0) is 24.6 Å². The molecule has 2 N–H and O–H groups in total. The molecule has 104 valence electrons. The molecule has 2 rings (SSSR count). The monoisotopic (exact) mass is 273 g/mol. The number of nitrogens with zero attached hydrogens (tertiary/aromatic N) is 2. The van der Waals surface area contributed by atoms with Crippen molar-refractivity contribution in [1.82, 2.24) is 14.7 Å². The molecule has 2 aromatic heterocycles. The topological polar surface area (TPSA) is 83.7 Å². The Labute approximate surface area is 115 Å². The number of nitrogens with one attached hydrogen (secondary N) is 1. The van der Waals surface area contributed by atoms with Crippen molar-refractivity contribution in [3.63, 3.8) is 0 Å². The summed E-state index contributed by atoms with van der Waals surface area (Å²) in [7, 11) is 0. The van der Waals surface area contributed by atoms with Crippen LogP contribution in [0.25, 0.3) is 5.65 Å². The molecule has 0 saturated carbocycles. The molecule has 1 amide bonds. The number of aryl methyl sites for hydroxylation is 1. The van der Waals surface area contributed by atoms with E-state index in [0.29, 0.717) is 13.0 Å². The van der Waals surface area contributed by atoms with Crippen molar-refractivity contribution in [1.29, 1.82) is 0 Å². The van der Waals surface area contributed by atoms with E-state index in [9.17, 15) is 9.59 Å². The lowest BCUT2D eigenvalue weighted by Gasteiger charge is -1.98. The predicted octanol–water partition coefficient (Wildman–Crippen LogP) is 0.942. The average molecular weight is 273 g/mol. The molecule has 2 heterocycles. The van der Waals surface area contributed by atoms with Gasteiger partial charge in [0.15, 0.2) is 0 Å². The first-order valence-corrected chi connectivity index (χ1v) is 6.17. The first-order valence-electron chi connectivity index (χ1n) is 6.17. The number of carboxylic acids is 1. The van der Waals surface area contributed by atoms with Crippen LogP contribution in [-0.2, 0) is 16.0 Å². The Balaban J connectivity index is 1.90. The quantitative estimate of drug-likeness (QED) is 0.794. The maximum absolute atomic E-state index is 11.3. The van der Waals surface area contributed by atoms with Gasteiger partial charge in [0, 0.05) is 37.5 Å². The third-order valence-electron chi connectivity index (χ3n) is 2.72. The summed E-state index contributed by atoms with van der Waals surface area (Å²) in [6.07, 6.45) is 6.25. The Morgan fingerprint density at radius 2 is 2.25 bits per heavy atom. The largest absolute Gasteiger partial charge is 0.478 e. The normalized spacial score (nSPS) is 11.1. The average Bonchev–Trinajstić information content (AvgIpc) is 2.78. The summed E-state index contributed by atoms with van der Waals surface area (Å²) in [5.41, 5.74) is 2.89. The third-order valence-corrected chi connectivity index (χ3v) is 2.72. The zero-order valence-corrected chi connectivity index (χ0v) is 11.0. The highest BCUT2D eigenvalue weighted by Gasteiger charge is 2.02. The van der Waals surface area contributed by atoms with E-state index in [1.54, 1.807) is 0 Å². The van der Waals surface area contributed by atoms with E-state index in [-0.39, 0.29) is 0 Å². The van der Waals surface area contributed by atoms with Crippen molar-refractivity contribution in [3.05, 3.63) is 47.9 Å². The summed E-state index contributed by atoms with van der Waals surface area (Å²) in [6.45, 7) is 2.41. The number of aromatic nitrogens is 2. The second kappa shape index (κ2) is 6.01. The fourth-order valence-electron chi connectivity index (χ4n) is 1.78. The van der Waals surface area contributed by atoms with E-state index in [2.05, 4.69) is 10.3 Å². The summed E-state index contributed by atoms with van der Waals surface area (Å²) < 4.78 is 1.93. The van der Waals surface area contributed by atoms with E-state index in [1.165, 1.54) is 0 Å². The van der Waals surface area contributed by atoms with Gasteiger partial charge in [-0.1, -0.05) is 0 Å². The molecule has 0 fully saturated rings. The van der Waals surface area contributed by atoms with Crippen LogP contribution >= 0.6 is 0 Å². The van der Waals surface area contributed by atoms with Crippen LogP contribution in [0.4, 0.5) is 0 Å². The molecule has 0 aliphatic carbocycles. The molecule has 0 aromatic carbocycles. The van der Waals surface area contributed by atoms with Crippen LogP contribution in [0, 0.1) is 6.92 Å². The highest BCUT2D eigenvalue weighted by Crippen LogP contribution is 2.07. The Hall–Kier alpha value is -2.63. The van der Waals surface area contributed by atoms with E-state index in [4.69, 9.17) is 5.11 Å². The summed E-state index contributed by atoms with van der Waals surface area (Å²) in [4.78, 5) is 26.0. The highest BCUT2D eigenvalue weighted by atomic mass is 16.4. The van der Waals surface area contributed by atoms with Gasteiger partial charge in [0.05, 0.1) is 5.69 Å². The molecule has 6 heteroatoms. The molecule has 0 spiro atoms. The standard InChI is InChI=1S/C14H15N3O3/c1-10-5-7-17-9-11(16-12(17)8-10)4-6-15-13(18)2-3-14(19)20/h2-3,5,7-9H,4,6H2,1H3,(H,15,18)(H,19,20)/b3-2+. The fourth-order valence-corrected chi connectivity index (χ4v) is 1.78. The Kier molecular flexibility index (Phi) is 4.14. The number of rotatable bonds is 5. The molecule has 2 aromatic rings. The van der Waals surface area contributed by atoms with E-state index < -0.39 is 11.9 Å². The van der Waals surface area contributed by atoms with Crippen molar-refractivity contribution in [2.24, 2.45) is 0 Å². The van der Waals surface area contributed by atoms with E-state index >= 15 is 0 Å². The number of hydrogen-bond donors (Lipinski definition) is 2. The number of imidazole rings is 1. The number of carbonyl (C=O) groups is 2. The maximum atomic E-state index is 11.3. The molecular weight excluding hydrogens is 258 g/mol. The van der Waals surface area contributed by atoms with Crippen LogP contribution in [0.1, 0.15) is 11.3 Å². The van der Waals surface area contributed by atoms with Gasteiger partial charge in [0.25, 0.3) is 0 Å². The smallest absolute Gasteiger partial charge is 0.328 e. The lowest BCUT2D eigenvalue weighted by molar-refractivity contribution is -0.131. The molecule has 0 bridgehead atoms. The minimum atomic E-state index is -1.14. The molecule has 0 unspecified atom stereocenters. The minimum absolute atomic E-state index is 0.408. The van der Waals surface area contributed by atoms with Crippen molar-refractivity contribution in [2.45, 2.75) is 13.3 Å². The fraction of sp³-hybridized carbons (Fsp3) is 0.214. The summed E-state index contributed by atoms with van der Waals surface area (Å²) in [5.74, 6) is -1.57. The molecule has 0 aliphatic heterocycles. The van der Waals surface area contributed by atoms with Crippen LogP contribution in [0.3, 0.4) is 0 Å². The van der Waals surface area contributed by atoms with Crippen LogP contribution in [0.2, 0.25) is 0 Å². The number of carbonyl (C=O) groups excluding carboxylic acids is 1. The SMILES string of the molecule is Cc1ccn2cc(CCNC(=O)/C=C/C(=O)O)nc2c1. The van der Waals surface area contributed by atoms with Gasteiger partial charge in [-0.25, -0.2) is 9.78 Å². The van der Waals surface area contributed by atoms with Crippen LogP contribution in [0.5, 0.6) is 0 Å². The van der Waals surface area contributed by atoms with Gasteiger partial charge in [0.2, 0.25) is 5.91 Å². The molecule has 6 nitrogen and oxygen atoms in total. The Morgan fingerprint density at radius 3 is 3.00 bits per heavy atom. The zero-order chi connectivity index (χ0) is 14.5. The lowest BCUT2D eigenvalue weighted by Crippen LogP contribution is -2.23. The second-order valence-corrected chi connectivity index (χ2v) is 4.41. The molecule has 0 aliphatic rings. The van der Waals surface area contributed by atoms with Gasteiger partial charge in [0.1, 0.15) is 5.65 Å². The number of carboxylic acid groups (broad SMARTS) is 1. The first kappa shape index (κ1) is 13.8. The summed E-state index contributed by atoms with van der Waals surface area (Å²) >= 11 is 0. The van der Waals surface area contributed by atoms with Crippen molar-refractivity contribution in [2.75, 3.05) is 6.54 Å². The number of pyridine rings is 1. The molecule has 0 saturated heterocycles. The van der Waals surface area contributed by atoms with Crippen LogP contribution in [0.15, 0.2) is 36.7 Å². The van der Waals surface area contributed by atoms with Gasteiger partial charge in [-0.15, -0.1) is 0 Å². The minimum Gasteiger partial charge on any atom is -0.478 e. The molecular formula is C14H15N3O3. The van der Waals surface area contributed by atoms with Crippen molar-refractivity contribution >= 4 is 17.5 Å². The van der Waals surface area contributed by atoms with Gasteiger partial charge >= 0.3 is 5.97 Å². The van der Waals surface area contributed by atoms with Crippen LogP contribution < -0.4 is 5.32 Å². The first-order chi connectivity index (χ1) is 9.54.